The number of hydrogen-bond acceptors (Lipinski definition) is 4. The van der Waals surface area contributed by atoms with Gasteiger partial charge < -0.3 is 14.6 Å². The topological polar surface area (TPSA) is 75.3 Å². The van der Waals surface area contributed by atoms with E-state index < -0.39 is 0 Å². The van der Waals surface area contributed by atoms with Gasteiger partial charge in [0.1, 0.15) is 17.4 Å². The van der Waals surface area contributed by atoms with E-state index in [1.807, 2.05) is 24.3 Å². The van der Waals surface area contributed by atoms with Crippen molar-refractivity contribution in [2.45, 2.75) is 25.2 Å². The van der Waals surface area contributed by atoms with Gasteiger partial charge in [-0.05, 0) is 36.2 Å². The summed E-state index contributed by atoms with van der Waals surface area (Å²) in [6, 6.07) is 15.5. The fraction of sp³-hybridized carbons (Fsp3) is 0.292. The number of hydrogen-bond donors (Lipinski definition) is 1. The number of nitrogens with one attached hydrogen (secondary N) is 1. The van der Waals surface area contributed by atoms with Crippen molar-refractivity contribution in [2.75, 3.05) is 20.2 Å². The number of benzene rings is 2. The van der Waals surface area contributed by atoms with Gasteiger partial charge in [-0.1, -0.05) is 30.3 Å². The average Bonchev–Trinajstić information content (AvgIpc) is 3.20. The molecule has 0 radical (unpaired) electrons. The van der Waals surface area contributed by atoms with Gasteiger partial charge in [-0.3, -0.25) is 9.59 Å². The smallest absolute Gasteiger partial charge is 0.251 e. The summed E-state index contributed by atoms with van der Waals surface area (Å²) < 4.78 is 19.3. The molecule has 0 saturated carbocycles. The quantitative estimate of drug-likeness (QED) is 0.687. The van der Waals surface area contributed by atoms with Crippen LogP contribution in [0.5, 0.6) is 5.75 Å². The highest BCUT2D eigenvalue weighted by atomic mass is 19.1. The predicted molar refractivity (Wildman–Crippen MR) is 115 cm³/mol. The van der Waals surface area contributed by atoms with Crippen LogP contribution < -0.4 is 10.3 Å². The monoisotopic (exact) mass is 421 g/mol. The Balaban J connectivity index is 1.64. The second-order valence-corrected chi connectivity index (χ2v) is 7.81. The normalized spacial score (nSPS) is 18.2. The number of aromatic nitrogens is 2. The fourth-order valence-corrected chi connectivity index (χ4v) is 4.21. The Bertz CT molecular complexity index is 1140. The van der Waals surface area contributed by atoms with Crippen molar-refractivity contribution >= 4 is 5.91 Å². The zero-order valence-electron chi connectivity index (χ0n) is 17.5. The summed E-state index contributed by atoms with van der Waals surface area (Å²) in [5, 5.41) is 0. The Morgan fingerprint density at radius 2 is 1.87 bits per heavy atom. The molecule has 1 aliphatic heterocycles. The zero-order valence-corrected chi connectivity index (χ0v) is 17.5. The van der Waals surface area contributed by atoms with Crippen molar-refractivity contribution in [1.82, 2.24) is 14.9 Å². The molecule has 0 bridgehead atoms. The molecule has 1 amide bonds. The van der Waals surface area contributed by atoms with Gasteiger partial charge in [0.25, 0.3) is 5.56 Å². The molecule has 0 spiro atoms. The van der Waals surface area contributed by atoms with Crippen LogP contribution in [-0.2, 0) is 11.2 Å². The van der Waals surface area contributed by atoms with Crippen LogP contribution in [-0.4, -0.2) is 41.0 Å². The molecule has 1 aromatic heterocycles. The Labute approximate surface area is 179 Å². The molecular weight excluding hydrogens is 397 g/mol. The minimum atomic E-state index is -0.384. The van der Waals surface area contributed by atoms with Crippen LogP contribution in [0.2, 0.25) is 0 Å². The molecule has 0 unspecified atom stereocenters. The molecule has 6 nitrogen and oxygen atoms in total. The standard InChI is InChI=1S/C24H24FN3O3/c1-15-26-22(12-23(29)27-15)20-14-28(24(30)11-17-5-3-4-6-21(17)25)13-19(20)16-7-9-18(31-2)10-8-16/h3-10,12,19-20H,11,13-14H2,1-2H3,(H,26,27,29)/t19-,20+/m0/s1. The van der Waals surface area contributed by atoms with Crippen LogP contribution in [0.25, 0.3) is 0 Å². The molecule has 160 valence electrons. The number of amides is 1. The first kappa shape index (κ1) is 20.8. The highest BCUT2D eigenvalue weighted by Crippen LogP contribution is 2.39. The summed E-state index contributed by atoms with van der Waals surface area (Å²) >= 11 is 0. The summed E-state index contributed by atoms with van der Waals surface area (Å²) in [6.07, 6.45) is -0.00342. The van der Waals surface area contributed by atoms with Crippen LogP contribution in [0.3, 0.4) is 0 Å². The molecule has 2 aromatic carbocycles. The number of nitrogens with zero attached hydrogens (tertiary/aromatic N) is 2. The minimum absolute atomic E-state index is 0.00342. The fourth-order valence-electron chi connectivity index (χ4n) is 4.21. The van der Waals surface area contributed by atoms with Crippen LogP contribution in [0.1, 0.15) is 34.5 Å². The molecule has 1 aliphatic rings. The highest BCUT2D eigenvalue weighted by molar-refractivity contribution is 5.79. The zero-order chi connectivity index (χ0) is 22.0. The Morgan fingerprint density at radius 1 is 1.16 bits per heavy atom. The number of aromatic amines is 1. The van der Waals surface area contributed by atoms with Crippen LogP contribution in [0.15, 0.2) is 59.4 Å². The predicted octanol–water partition coefficient (Wildman–Crippen LogP) is 3.18. The Kier molecular flexibility index (Phi) is 5.84. The number of ether oxygens (including phenoxy) is 1. The van der Waals surface area contributed by atoms with Gasteiger partial charge >= 0.3 is 0 Å². The molecule has 3 aromatic rings. The van der Waals surface area contributed by atoms with Crippen LogP contribution >= 0.6 is 0 Å². The average molecular weight is 421 g/mol. The molecule has 4 rings (SSSR count). The number of aryl methyl sites for hydroxylation is 1. The lowest BCUT2D eigenvalue weighted by atomic mass is 9.86. The number of carbonyl (C=O) groups excluding carboxylic acids is 1. The number of likely N-dealkylation sites (tertiary alicyclic amines) is 1. The maximum Gasteiger partial charge on any atom is 0.251 e. The van der Waals surface area contributed by atoms with E-state index in [0.29, 0.717) is 30.2 Å². The Hall–Kier alpha value is -3.48. The lowest BCUT2D eigenvalue weighted by Gasteiger charge is -2.18. The summed E-state index contributed by atoms with van der Waals surface area (Å²) in [4.78, 5) is 34.0. The SMILES string of the molecule is COc1ccc([C@@H]2CN(C(=O)Cc3ccccc3F)C[C@H]2c2cc(=O)[nH]c(C)n2)cc1. The number of halogens is 1. The Morgan fingerprint density at radius 3 is 2.55 bits per heavy atom. The van der Waals surface area contributed by atoms with Gasteiger partial charge in [0.15, 0.2) is 0 Å². The van der Waals surface area contributed by atoms with Gasteiger partial charge in [-0.25, -0.2) is 9.37 Å². The molecular formula is C24H24FN3O3. The number of H-pyrrole nitrogens is 1. The third-order valence-electron chi connectivity index (χ3n) is 5.78. The molecule has 0 aliphatic carbocycles. The second-order valence-electron chi connectivity index (χ2n) is 7.81. The first-order valence-corrected chi connectivity index (χ1v) is 10.2. The third kappa shape index (κ3) is 4.50. The minimum Gasteiger partial charge on any atom is -0.497 e. The van der Waals surface area contributed by atoms with Crippen molar-refractivity contribution < 1.29 is 13.9 Å². The van der Waals surface area contributed by atoms with Crippen LogP contribution in [0.4, 0.5) is 4.39 Å². The van der Waals surface area contributed by atoms with Gasteiger partial charge in [0.2, 0.25) is 5.91 Å². The largest absolute Gasteiger partial charge is 0.497 e. The number of carbonyl (C=O) groups is 1. The van der Waals surface area contributed by atoms with Gasteiger partial charge in [0.05, 0.1) is 19.2 Å². The van der Waals surface area contributed by atoms with Crippen LogP contribution in [0, 0.1) is 12.7 Å². The van der Waals surface area contributed by atoms with E-state index in [2.05, 4.69) is 9.97 Å². The first-order valence-electron chi connectivity index (χ1n) is 10.2. The molecule has 2 heterocycles. The summed E-state index contributed by atoms with van der Waals surface area (Å²) in [5.41, 5.74) is 1.85. The van der Waals surface area contributed by atoms with Crippen molar-refractivity contribution in [2.24, 2.45) is 0 Å². The van der Waals surface area contributed by atoms with E-state index in [4.69, 9.17) is 4.74 Å². The van der Waals surface area contributed by atoms with E-state index in [-0.39, 0.29) is 35.5 Å². The second kappa shape index (κ2) is 8.71. The van der Waals surface area contributed by atoms with E-state index >= 15 is 0 Å². The molecule has 1 saturated heterocycles. The maximum absolute atomic E-state index is 14.0. The molecule has 1 N–H and O–H groups in total. The van der Waals surface area contributed by atoms with Gasteiger partial charge in [0, 0.05) is 31.0 Å². The van der Waals surface area contributed by atoms with E-state index in [1.54, 1.807) is 37.1 Å². The highest BCUT2D eigenvalue weighted by Gasteiger charge is 2.38. The lowest BCUT2D eigenvalue weighted by Crippen LogP contribution is -2.30. The van der Waals surface area contributed by atoms with E-state index in [9.17, 15) is 14.0 Å². The molecule has 31 heavy (non-hydrogen) atoms. The van der Waals surface area contributed by atoms with Crippen molar-refractivity contribution in [3.8, 4) is 5.75 Å². The van der Waals surface area contributed by atoms with Crippen molar-refractivity contribution in [3.05, 3.63) is 93.4 Å². The van der Waals surface area contributed by atoms with E-state index in [1.165, 1.54) is 12.1 Å². The summed E-state index contributed by atoms with van der Waals surface area (Å²) in [6.45, 7) is 2.63. The lowest BCUT2D eigenvalue weighted by molar-refractivity contribution is -0.129. The first-order chi connectivity index (χ1) is 14.9. The number of methoxy groups -OCH3 is 1. The molecule has 2 atom stereocenters. The molecule has 1 fully saturated rings. The third-order valence-corrected chi connectivity index (χ3v) is 5.78. The van der Waals surface area contributed by atoms with Crippen molar-refractivity contribution in [1.29, 1.82) is 0 Å². The van der Waals surface area contributed by atoms with E-state index in [0.717, 1.165) is 11.3 Å². The maximum atomic E-state index is 14.0. The molecule has 7 heteroatoms. The van der Waals surface area contributed by atoms with Gasteiger partial charge in [-0.2, -0.15) is 0 Å². The number of rotatable bonds is 5. The summed E-state index contributed by atoms with van der Waals surface area (Å²) in [5.74, 6) is 0.573. The van der Waals surface area contributed by atoms with Crippen molar-refractivity contribution in [3.63, 3.8) is 0 Å². The van der Waals surface area contributed by atoms with Gasteiger partial charge in [-0.15, -0.1) is 0 Å². The summed E-state index contributed by atoms with van der Waals surface area (Å²) in [7, 11) is 1.61.